The fraction of sp³-hybridized carbons (Fsp3) is 0.417. The Balaban J connectivity index is 2.13. The summed E-state index contributed by atoms with van der Waals surface area (Å²) >= 11 is 0. The lowest BCUT2D eigenvalue weighted by Gasteiger charge is -2.22. The van der Waals surface area contributed by atoms with Crippen molar-refractivity contribution in [2.45, 2.75) is 46.0 Å². The van der Waals surface area contributed by atoms with E-state index in [0.717, 1.165) is 17.5 Å². The molecule has 0 heterocycles. The third-order valence-electron chi connectivity index (χ3n) is 5.76. The minimum Gasteiger partial charge on any atom is -0.493 e. The molecule has 6 heteroatoms. The van der Waals surface area contributed by atoms with Crippen molar-refractivity contribution >= 4 is 11.9 Å². The van der Waals surface area contributed by atoms with Crippen LogP contribution in [0.15, 0.2) is 30.3 Å². The first kappa shape index (κ1) is 21.7. The summed E-state index contributed by atoms with van der Waals surface area (Å²) in [4.78, 5) is 23.0. The van der Waals surface area contributed by atoms with Crippen LogP contribution in [0.3, 0.4) is 0 Å². The normalized spacial score (nSPS) is 19.7. The number of rotatable bonds is 6. The first-order valence-electron chi connectivity index (χ1n) is 10.1. The number of hydrogen-bond donors (Lipinski definition) is 0. The van der Waals surface area contributed by atoms with E-state index in [2.05, 4.69) is 13.8 Å². The second-order valence-electron chi connectivity index (χ2n) is 7.58. The van der Waals surface area contributed by atoms with Crippen LogP contribution in [0.2, 0.25) is 0 Å². The largest absolute Gasteiger partial charge is 0.493 e. The van der Waals surface area contributed by atoms with Crippen LogP contribution in [0.4, 0.5) is 0 Å². The van der Waals surface area contributed by atoms with Gasteiger partial charge in [-0.3, -0.25) is 9.59 Å². The molecule has 0 radical (unpaired) electrons. The number of carbonyl (C=O) groups is 2. The molecule has 0 fully saturated rings. The van der Waals surface area contributed by atoms with Gasteiger partial charge >= 0.3 is 11.9 Å². The molecule has 3 atom stereocenters. The summed E-state index contributed by atoms with van der Waals surface area (Å²) in [6.45, 7) is 7.13. The number of ether oxygens (including phenoxy) is 4. The van der Waals surface area contributed by atoms with Gasteiger partial charge in [-0.05, 0) is 59.2 Å². The topological polar surface area (TPSA) is 71.1 Å². The van der Waals surface area contributed by atoms with Crippen molar-refractivity contribution in [3.8, 4) is 23.0 Å². The maximum atomic E-state index is 11.6. The number of carbonyl (C=O) groups excluding carboxylic acids is 2. The Morgan fingerprint density at radius 1 is 0.833 bits per heavy atom. The molecule has 160 valence electrons. The standard InChI is InChI=1S/C24H28O6/c1-7-17-13(2)24(16-8-9-20(29-14(3)25)21(10-16)27-5)19-12-23(30-15(4)26)22(28-6)11-18(17)19/h8-13,17,24H,7H2,1-6H3/t13-,17+,24-/m1/s1. The summed E-state index contributed by atoms with van der Waals surface area (Å²) in [5.41, 5.74) is 3.35. The lowest BCUT2D eigenvalue weighted by molar-refractivity contribution is -0.132. The van der Waals surface area contributed by atoms with Gasteiger partial charge in [0.15, 0.2) is 23.0 Å². The first-order valence-corrected chi connectivity index (χ1v) is 10.1. The van der Waals surface area contributed by atoms with Crippen molar-refractivity contribution in [1.29, 1.82) is 0 Å². The summed E-state index contributed by atoms with van der Waals surface area (Å²) in [6.07, 6.45) is 0.976. The van der Waals surface area contributed by atoms with Gasteiger partial charge in [-0.2, -0.15) is 0 Å². The van der Waals surface area contributed by atoms with Crippen LogP contribution >= 0.6 is 0 Å². The average Bonchev–Trinajstić information content (AvgIpc) is 2.97. The SMILES string of the molecule is CC[C@@H]1c2cc(OC)c(OC(C)=O)cc2[C@@H](c2ccc(OC(C)=O)c(OC)c2)[C@@H]1C. The summed E-state index contributed by atoms with van der Waals surface area (Å²) < 4.78 is 21.6. The number of benzene rings is 2. The van der Waals surface area contributed by atoms with Gasteiger partial charge in [0, 0.05) is 19.8 Å². The maximum absolute atomic E-state index is 11.6. The molecule has 0 aliphatic heterocycles. The van der Waals surface area contributed by atoms with Crippen molar-refractivity contribution < 1.29 is 28.5 Å². The van der Waals surface area contributed by atoms with Gasteiger partial charge in [0.05, 0.1) is 14.2 Å². The smallest absolute Gasteiger partial charge is 0.308 e. The van der Waals surface area contributed by atoms with Gasteiger partial charge in [-0.1, -0.05) is 19.9 Å². The molecule has 30 heavy (non-hydrogen) atoms. The van der Waals surface area contributed by atoms with Gasteiger partial charge in [0.2, 0.25) is 0 Å². The molecule has 6 nitrogen and oxygen atoms in total. The Kier molecular flexibility index (Phi) is 6.34. The van der Waals surface area contributed by atoms with Crippen LogP contribution in [0, 0.1) is 5.92 Å². The molecule has 2 aromatic rings. The van der Waals surface area contributed by atoms with Gasteiger partial charge in [0.1, 0.15) is 0 Å². The molecule has 1 aliphatic carbocycles. The molecule has 0 unspecified atom stereocenters. The zero-order chi connectivity index (χ0) is 22.0. The van der Waals surface area contributed by atoms with Crippen LogP contribution in [0.5, 0.6) is 23.0 Å². The third-order valence-corrected chi connectivity index (χ3v) is 5.76. The summed E-state index contributed by atoms with van der Waals surface area (Å²) in [5.74, 6) is 1.80. The Bertz CT molecular complexity index is 964. The van der Waals surface area contributed by atoms with E-state index in [1.165, 1.54) is 19.4 Å². The van der Waals surface area contributed by atoms with E-state index in [4.69, 9.17) is 18.9 Å². The lowest BCUT2D eigenvalue weighted by atomic mass is 9.83. The van der Waals surface area contributed by atoms with Crippen LogP contribution in [-0.2, 0) is 9.59 Å². The number of esters is 2. The van der Waals surface area contributed by atoms with Gasteiger partial charge in [-0.25, -0.2) is 0 Å². The van der Waals surface area contributed by atoms with Crippen LogP contribution < -0.4 is 18.9 Å². The Morgan fingerprint density at radius 2 is 1.40 bits per heavy atom. The predicted octanol–water partition coefficient (Wildman–Crippen LogP) is 4.83. The van der Waals surface area contributed by atoms with E-state index < -0.39 is 11.9 Å². The molecule has 1 aliphatic rings. The molecule has 0 N–H and O–H groups in total. The van der Waals surface area contributed by atoms with Gasteiger partial charge in [0.25, 0.3) is 0 Å². The minimum absolute atomic E-state index is 0.0745. The van der Waals surface area contributed by atoms with E-state index in [0.29, 0.717) is 34.8 Å². The molecular formula is C24H28O6. The number of hydrogen-bond acceptors (Lipinski definition) is 6. The number of fused-ring (bicyclic) bond motifs is 1. The van der Waals surface area contributed by atoms with E-state index in [1.807, 2.05) is 24.3 Å². The molecule has 0 saturated carbocycles. The monoisotopic (exact) mass is 412 g/mol. The Labute approximate surface area is 177 Å². The molecule has 0 amide bonds. The van der Waals surface area contributed by atoms with E-state index in [9.17, 15) is 9.59 Å². The number of methoxy groups -OCH3 is 2. The van der Waals surface area contributed by atoms with Gasteiger partial charge < -0.3 is 18.9 Å². The Hall–Kier alpha value is -3.02. The highest BCUT2D eigenvalue weighted by Gasteiger charge is 2.39. The fourth-order valence-electron chi connectivity index (χ4n) is 4.57. The van der Waals surface area contributed by atoms with Crippen molar-refractivity contribution in [2.75, 3.05) is 14.2 Å². The zero-order valence-corrected chi connectivity index (χ0v) is 18.3. The third kappa shape index (κ3) is 3.99. The highest BCUT2D eigenvalue weighted by Crippen LogP contribution is 2.54. The van der Waals surface area contributed by atoms with Crippen LogP contribution in [0.1, 0.15) is 62.6 Å². The first-order chi connectivity index (χ1) is 14.3. The quantitative estimate of drug-likeness (QED) is 0.500. The molecule has 0 spiro atoms. The van der Waals surface area contributed by atoms with E-state index in [1.54, 1.807) is 20.3 Å². The maximum Gasteiger partial charge on any atom is 0.308 e. The van der Waals surface area contributed by atoms with E-state index >= 15 is 0 Å². The molecule has 0 aromatic heterocycles. The minimum atomic E-state index is -0.398. The fourth-order valence-corrected chi connectivity index (χ4v) is 4.57. The predicted molar refractivity (Wildman–Crippen MR) is 113 cm³/mol. The van der Waals surface area contributed by atoms with Crippen molar-refractivity contribution in [3.05, 3.63) is 47.0 Å². The molecule has 2 aromatic carbocycles. The van der Waals surface area contributed by atoms with Crippen LogP contribution in [0.25, 0.3) is 0 Å². The summed E-state index contributed by atoms with van der Waals surface area (Å²) in [7, 11) is 3.13. The van der Waals surface area contributed by atoms with Crippen LogP contribution in [-0.4, -0.2) is 26.2 Å². The molecule has 0 bridgehead atoms. The summed E-state index contributed by atoms with van der Waals surface area (Å²) in [6, 6.07) is 9.54. The van der Waals surface area contributed by atoms with Crippen molar-refractivity contribution in [1.82, 2.24) is 0 Å². The highest BCUT2D eigenvalue weighted by molar-refractivity contribution is 5.72. The molecule has 3 rings (SSSR count). The average molecular weight is 412 g/mol. The highest BCUT2D eigenvalue weighted by atomic mass is 16.6. The van der Waals surface area contributed by atoms with Gasteiger partial charge in [-0.15, -0.1) is 0 Å². The van der Waals surface area contributed by atoms with Crippen molar-refractivity contribution in [3.63, 3.8) is 0 Å². The zero-order valence-electron chi connectivity index (χ0n) is 18.3. The molecular weight excluding hydrogens is 384 g/mol. The second-order valence-corrected chi connectivity index (χ2v) is 7.58. The summed E-state index contributed by atoms with van der Waals surface area (Å²) in [5, 5.41) is 0. The second kappa shape index (κ2) is 8.78. The van der Waals surface area contributed by atoms with E-state index in [-0.39, 0.29) is 5.92 Å². The lowest BCUT2D eigenvalue weighted by Crippen LogP contribution is -2.10. The molecule has 0 saturated heterocycles. The van der Waals surface area contributed by atoms with Crippen molar-refractivity contribution in [2.24, 2.45) is 5.92 Å². The Morgan fingerprint density at radius 3 is 1.97 bits per heavy atom.